The van der Waals surface area contributed by atoms with Gasteiger partial charge >= 0.3 is 0 Å². The first-order valence-electron chi connectivity index (χ1n) is 5.52. The van der Waals surface area contributed by atoms with Gasteiger partial charge in [-0.3, -0.25) is 9.78 Å². The quantitative estimate of drug-likeness (QED) is 0.814. The second kappa shape index (κ2) is 5.61. The highest BCUT2D eigenvalue weighted by atomic mass is 16.1. The molecule has 3 N–H and O–H groups in total. The summed E-state index contributed by atoms with van der Waals surface area (Å²) in [6.07, 6.45) is 1.16. The van der Waals surface area contributed by atoms with Gasteiger partial charge in [0.15, 0.2) is 0 Å². The predicted octanol–water partition coefficient (Wildman–Crippen LogP) is 1.76. The Morgan fingerprint density at radius 2 is 2.19 bits per heavy atom. The molecule has 0 spiro atoms. The van der Waals surface area contributed by atoms with E-state index in [1.807, 2.05) is 32.9 Å². The van der Waals surface area contributed by atoms with Crippen LogP contribution >= 0.6 is 0 Å². The third kappa shape index (κ3) is 3.62. The molecule has 0 radical (unpaired) electrons. The van der Waals surface area contributed by atoms with E-state index in [2.05, 4.69) is 10.3 Å². The Bertz CT molecular complexity index is 377. The smallest absolute Gasteiger partial charge is 0.225 e. The summed E-state index contributed by atoms with van der Waals surface area (Å²) >= 11 is 0. The van der Waals surface area contributed by atoms with Crippen LogP contribution in [0.5, 0.6) is 0 Å². The normalized spacial score (nSPS) is 12.2. The van der Waals surface area contributed by atoms with Gasteiger partial charge in [-0.05, 0) is 32.4 Å². The third-order valence-corrected chi connectivity index (χ3v) is 2.47. The third-order valence-electron chi connectivity index (χ3n) is 2.47. The van der Waals surface area contributed by atoms with E-state index >= 15 is 0 Å². The molecule has 0 saturated carbocycles. The summed E-state index contributed by atoms with van der Waals surface area (Å²) in [6, 6.07) is 3.67. The number of carbonyl (C=O) groups is 1. The van der Waals surface area contributed by atoms with Crippen LogP contribution in [0.2, 0.25) is 0 Å². The number of pyridine rings is 1. The number of hydrogen-bond donors (Lipinski definition) is 2. The molecule has 1 unspecified atom stereocenters. The summed E-state index contributed by atoms with van der Waals surface area (Å²) in [5, 5.41) is 2.82. The first-order chi connectivity index (χ1) is 7.52. The number of hydrogen-bond acceptors (Lipinski definition) is 3. The van der Waals surface area contributed by atoms with Gasteiger partial charge in [0.25, 0.3) is 0 Å². The molecule has 4 nitrogen and oxygen atoms in total. The van der Waals surface area contributed by atoms with E-state index in [4.69, 9.17) is 5.73 Å². The van der Waals surface area contributed by atoms with E-state index in [9.17, 15) is 4.79 Å². The average molecular weight is 221 g/mol. The summed E-state index contributed by atoms with van der Waals surface area (Å²) in [6.45, 7) is 5.77. The van der Waals surface area contributed by atoms with Crippen molar-refractivity contribution >= 4 is 11.6 Å². The van der Waals surface area contributed by atoms with Gasteiger partial charge in [-0.25, -0.2) is 0 Å². The van der Waals surface area contributed by atoms with Gasteiger partial charge in [-0.2, -0.15) is 0 Å². The van der Waals surface area contributed by atoms with Crippen molar-refractivity contribution in [2.45, 2.75) is 39.7 Å². The number of nitrogens with one attached hydrogen (secondary N) is 1. The molecular weight excluding hydrogens is 202 g/mol. The summed E-state index contributed by atoms with van der Waals surface area (Å²) in [5.74, 6) is -0.0527. The lowest BCUT2D eigenvalue weighted by atomic mass is 10.1. The molecular formula is C12H19N3O. The summed E-state index contributed by atoms with van der Waals surface area (Å²) in [5.41, 5.74) is 8.25. The van der Waals surface area contributed by atoms with Gasteiger partial charge < -0.3 is 11.1 Å². The second-order valence-corrected chi connectivity index (χ2v) is 4.01. The SMILES string of the molecule is CCC(N)CC(=O)Nc1ccc(C)nc1C. The Hall–Kier alpha value is -1.42. The molecule has 1 aromatic rings. The van der Waals surface area contributed by atoms with E-state index in [0.29, 0.717) is 6.42 Å². The highest BCUT2D eigenvalue weighted by Crippen LogP contribution is 2.13. The predicted molar refractivity (Wildman–Crippen MR) is 65.2 cm³/mol. The van der Waals surface area contributed by atoms with Crippen molar-refractivity contribution < 1.29 is 4.79 Å². The molecule has 0 saturated heterocycles. The Labute approximate surface area is 96.3 Å². The molecule has 0 aliphatic heterocycles. The average Bonchev–Trinajstić information content (AvgIpc) is 2.22. The standard InChI is InChI=1S/C12H19N3O/c1-4-10(13)7-12(16)15-11-6-5-8(2)14-9(11)3/h5-6,10H,4,7,13H2,1-3H3,(H,15,16). The van der Waals surface area contributed by atoms with Gasteiger partial charge in [-0.15, -0.1) is 0 Å². The van der Waals surface area contributed by atoms with Crippen LogP contribution in [0.15, 0.2) is 12.1 Å². The van der Waals surface area contributed by atoms with Crippen molar-refractivity contribution in [3.05, 3.63) is 23.5 Å². The van der Waals surface area contributed by atoms with Gasteiger partial charge in [-0.1, -0.05) is 6.92 Å². The van der Waals surface area contributed by atoms with Crippen LogP contribution in [0, 0.1) is 13.8 Å². The Morgan fingerprint density at radius 3 is 2.75 bits per heavy atom. The molecule has 16 heavy (non-hydrogen) atoms. The fourth-order valence-corrected chi connectivity index (χ4v) is 1.40. The van der Waals surface area contributed by atoms with Crippen molar-refractivity contribution in [2.24, 2.45) is 5.73 Å². The highest BCUT2D eigenvalue weighted by molar-refractivity contribution is 5.91. The number of nitrogens with two attached hydrogens (primary N) is 1. The molecule has 1 heterocycles. The number of nitrogens with zero attached hydrogens (tertiary/aromatic N) is 1. The number of amides is 1. The number of anilines is 1. The number of aryl methyl sites for hydroxylation is 2. The minimum Gasteiger partial charge on any atom is -0.327 e. The van der Waals surface area contributed by atoms with Crippen LogP contribution in [0.25, 0.3) is 0 Å². The molecule has 0 aliphatic rings. The fourth-order valence-electron chi connectivity index (χ4n) is 1.40. The zero-order valence-electron chi connectivity index (χ0n) is 10.1. The maximum absolute atomic E-state index is 11.6. The van der Waals surface area contributed by atoms with Crippen molar-refractivity contribution in [3.8, 4) is 0 Å². The molecule has 0 aromatic carbocycles. The Kier molecular flexibility index (Phi) is 4.43. The fraction of sp³-hybridized carbons (Fsp3) is 0.500. The Balaban J connectivity index is 2.63. The van der Waals surface area contributed by atoms with Crippen molar-refractivity contribution in [1.29, 1.82) is 0 Å². The van der Waals surface area contributed by atoms with Gasteiger partial charge in [0.2, 0.25) is 5.91 Å². The lowest BCUT2D eigenvalue weighted by molar-refractivity contribution is -0.116. The summed E-state index contributed by atoms with van der Waals surface area (Å²) in [4.78, 5) is 15.9. The molecule has 1 amide bonds. The molecule has 0 aliphatic carbocycles. The van der Waals surface area contributed by atoms with Crippen LogP contribution < -0.4 is 11.1 Å². The van der Waals surface area contributed by atoms with Crippen LogP contribution in [0.3, 0.4) is 0 Å². The minimum absolute atomic E-state index is 0.0527. The molecule has 0 fully saturated rings. The second-order valence-electron chi connectivity index (χ2n) is 4.01. The van der Waals surface area contributed by atoms with Crippen LogP contribution in [-0.2, 0) is 4.79 Å². The van der Waals surface area contributed by atoms with E-state index in [-0.39, 0.29) is 11.9 Å². The zero-order valence-corrected chi connectivity index (χ0v) is 10.1. The van der Waals surface area contributed by atoms with E-state index < -0.39 is 0 Å². The van der Waals surface area contributed by atoms with Gasteiger partial charge in [0.05, 0.1) is 11.4 Å². The summed E-state index contributed by atoms with van der Waals surface area (Å²) < 4.78 is 0. The van der Waals surface area contributed by atoms with E-state index in [0.717, 1.165) is 23.5 Å². The topological polar surface area (TPSA) is 68.0 Å². The maximum atomic E-state index is 11.6. The monoisotopic (exact) mass is 221 g/mol. The highest BCUT2D eigenvalue weighted by Gasteiger charge is 2.09. The molecule has 0 bridgehead atoms. The first-order valence-corrected chi connectivity index (χ1v) is 5.52. The lowest BCUT2D eigenvalue weighted by Crippen LogP contribution is -2.26. The van der Waals surface area contributed by atoms with Crippen LogP contribution in [-0.4, -0.2) is 16.9 Å². The molecule has 4 heteroatoms. The zero-order chi connectivity index (χ0) is 12.1. The van der Waals surface area contributed by atoms with E-state index in [1.165, 1.54) is 0 Å². The molecule has 88 valence electrons. The number of carbonyl (C=O) groups excluding carboxylic acids is 1. The molecule has 1 rings (SSSR count). The largest absolute Gasteiger partial charge is 0.327 e. The van der Waals surface area contributed by atoms with Crippen LogP contribution in [0.1, 0.15) is 31.2 Å². The number of aromatic nitrogens is 1. The Morgan fingerprint density at radius 1 is 1.50 bits per heavy atom. The lowest BCUT2D eigenvalue weighted by Gasteiger charge is -2.11. The first kappa shape index (κ1) is 12.6. The van der Waals surface area contributed by atoms with Crippen molar-refractivity contribution in [3.63, 3.8) is 0 Å². The van der Waals surface area contributed by atoms with Crippen molar-refractivity contribution in [2.75, 3.05) is 5.32 Å². The summed E-state index contributed by atoms with van der Waals surface area (Å²) in [7, 11) is 0. The molecule has 1 aromatic heterocycles. The number of rotatable bonds is 4. The van der Waals surface area contributed by atoms with Crippen molar-refractivity contribution in [1.82, 2.24) is 4.98 Å². The van der Waals surface area contributed by atoms with Gasteiger partial charge in [0, 0.05) is 18.2 Å². The maximum Gasteiger partial charge on any atom is 0.225 e. The van der Waals surface area contributed by atoms with Crippen LogP contribution in [0.4, 0.5) is 5.69 Å². The van der Waals surface area contributed by atoms with E-state index in [1.54, 1.807) is 0 Å². The minimum atomic E-state index is -0.0706. The van der Waals surface area contributed by atoms with Gasteiger partial charge in [0.1, 0.15) is 0 Å². The molecule has 1 atom stereocenters.